The minimum atomic E-state index is 0.217. The van der Waals surface area contributed by atoms with Crippen molar-refractivity contribution in [3.8, 4) is 18.1 Å². The second-order valence-corrected chi connectivity index (χ2v) is 4.18. The van der Waals surface area contributed by atoms with Crippen molar-refractivity contribution in [2.45, 2.75) is 0 Å². The third-order valence-corrected chi connectivity index (χ3v) is 2.51. The highest BCUT2D eigenvalue weighted by Gasteiger charge is 2.02. The van der Waals surface area contributed by atoms with Crippen molar-refractivity contribution in [2.75, 3.05) is 6.61 Å². The van der Waals surface area contributed by atoms with Gasteiger partial charge in [-0.15, -0.1) is 16.6 Å². The molecule has 0 bridgehead atoms. The quantitative estimate of drug-likeness (QED) is 0.641. The molecular formula is C12H9BrN4O. The zero-order valence-corrected chi connectivity index (χ0v) is 10.9. The molecule has 0 radical (unpaired) electrons. The van der Waals surface area contributed by atoms with Gasteiger partial charge < -0.3 is 4.74 Å². The van der Waals surface area contributed by atoms with Crippen LogP contribution in [0.5, 0.6) is 5.75 Å². The SMILES string of the molecule is C#CCOc1ccc(Br)cc1/C=N\n1cnnc1. The van der Waals surface area contributed by atoms with Crippen LogP contribution in [0.4, 0.5) is 0 Å². The summed E-state index contributed by atoms with van der Waals surface area (Å²) in [5, 5.41) is 11.5. The number of hydrogen-bond acceptors (Lipinski definition) is 4. The van der Waals surface area contributed by atoms with Gasteiger partial charge in [-0.3, -0.25) is 0 Å². The number of aromatic nitrogens is 3. The fourth-order valence-corrected chi connectivity index (χ4v) is 1.63. The summed E-state index contributed by atoms with van der Waals surface area (Å²) in [6, 6.07) is 5.59. The predicted molar refractivity (Wildman–Crippen MR) is 71.5 cm³/mol. The summed E-state index contributed by atoms with van der Waals surface area (Å²) >= 11 is 3.39. The maximum atomic E-state index is 5.42. The lowest BCUT2D eigenvalue weighted by Gasteiger charge is -2.06. The van der Waals surface area contributed by atoms with Gasteiger partial charge in [-0.25, -0.2) is 4.68 Å². The Kier molecular flexibility index (Phi) is 4.10. The lowest BCUT2D eigenvalue weighted by atomic mass is 10.2. The van der Waals surface area contributed by atoms with E-state index in [1.54, 1.807) is 6.21 Å². The molecule has 0 aliphatic carbocycles. The smallest absolute Gasteiger partial charge is 0.148 e. The van der Waals surface area contributed by atoms with Gasteiger partial charge in [0.15, 0.2) is 0 Å². The number of nitrogens with zero attached hydrogens (tertiary/aromatic N) is 4. The van der Waals surface area contributed by atoms with Gasteiger partial charge in [0.25, 0.3) is 0 Å². The zero-order chi connectivity index (χ0) is 12.8. The molecule has 2 rings (SSSR count). The molecule has 0 aliphatic heterocycles. The van der Waals surface area contributed by atoms with Gasteiger partial charge in [-0.2, -0.15) is 5.10 Å². The highest BCUT2D eigenvalue weighted by atomic mass is 79.9. The first-order chi connectivity index (χ1) is 8.79. The summed E-state index contributed by atoms with van der Waals surface area (Å²) < 4.78 is 7.85. The van der Waals surface area contributed by atoms with Gasteiger partial charge >= 0.3 is 0 Å². The minimum Gasteiger partial charge on any atom is -0.480 e. The summed E-state index contributed by atoms with van der Waals surface area (Å²) in [5.41, 5.74) is 0.813. The Balaban J connectivity index is 2.25. The summed E-state index contributed by atoms with van der Waals surface area (Å²) in [6.07, 6.45) is 9.81. The largest absolute Gasteiger partial charge is 0.480 e. The van der Waals surface area contributed by atoms with E-state index >= 15 is 0 Å². The molecule has 0 fully saturated rings. The van der Waals surface area contributed by atoms with E-state index in [0.29, 0.717) is 5.75 Å². The van der Waals surface area contributed by atoms with Crippen LogP contribution in [-0.4, -0.2) is 27.7 Å². The van der Waals surface area contributed by atoms with Crippen LogP contribution in [0.1, 0.15) is 5.56 Å². The molecule has 0 atom stereocenters. The van der Waals surface area contributed by atoms with E-state index in [0.717, 1.165) is 10.0 Å². The van der Waals surface area contributed by atoms with E-state index in [-0.39, 0.29) is 6.61 Å². The van der Waals surface area contributed by atoms with Crippen LogP contribution in [0.25, 0.3) is 0 Å². The second-order valence-electron chi connectivity index (χ2n) is 3.26. The van der Waals surface area contributed by atoms with Crippen LogP contribution in [0.2, 0.25) is 0 Å². The van der Waals surface area contributed by atoms with E-state index in [1.807, 2.05) is 18.2 Å². The molecule has 0 saturated carbocycles. The Bertz CT molecular complexity index is 587. The molecule has 0 N–H and O–H groups in total. The molecule has 0 amide bonds. The highest BCUT2D eigenvalue weighted by Crippen LogP contribution is 2.21. The average molecular weight is 305 g/mol. The standard InChI is InChI=1S/C12H9BrN4O/c1-2-5-18-12-4-3-11(13)6-10(12)7-16-17-8-14-15-9-17/h1,3-4,6-9H,5H2/b16-7-. The molecule has 0 aliphatic rings. The lowest BCUT2D eigenvalue weighted by Crippen LogP contribution is -1.98. The van der Waals surface area contributed by atoms with Crippen molar-refractivity contribution in [1.82, 2.24) is 14.9 Å². The van der Waals surface area contributed by atoms with Crippen LogP contribution < -0.4 is 4.74 Å². The molecule has 90 valence electrons. The van der Waals surface area contributed by atoms with Crippen molar-refractivity contribution in [3.05, 3.63) is 40.9 Å². The maximum absolute atomic E-state index is 5.42. The molecule has 6 heteroatoms. The van der Waals surface area contributed by atoms with Crippen molar-refractivity contribution in [1.29, 1.82) is 0 Å². The van der Waals surface area contributed by atoms with Crippen LogP contribution in [0, 0.1) is 12.3 Å². The number of ether oxygens (including phenoxy) is 1. The van der Waals surface area contributed by atoms with Crippen LogP contribution >= 0.6 is 15.9 Å². The van der Waals surface area contributed by atoms with Crippen LogP contribution in [0.15, 0.2) is 40.4 Å². The first-order valence-electron chi connectivity index (χ1n) is 5.04. The first-order valence-corrected chi connectivity index (χ1v) is 5.83. The van der Waals surface area contributed by atoms with Crippen molar-refractivity contribution >= 4 is 22.1 Å². The average Bonchev–Trinajstić information content (AvgIpc) is 2.88. The Morgan fingerprint density at radius 1 is 1.44 bits per heavy atom. The number of halogens is 1. The van der Waals surface area contributed by atoms with Gasteiger partial charge in [0.2, 0.25) is 0 Å². The molecule has 2 aromatic rings. The van der Waals surface area contributed by atoms with E-state index in [2.05, 4.69) is 37.1 Å². The van der Waals surface area contributed by atoms with E-state index in [4.69, 9.17) is 11.2 Å². The molecule has 0 unspecified atom stereocenters. The molecule has 0 saturated heterocycles. The molecule has 0 spiro atoms. The fraction of sp³-hybridized carbons (Fsp3) is 0.0833. The number of rotatable bonds is 4. The summed E-state index contributed by atoms with van der Waals surface area (Å²) in [6.45, 7) is 0.217. The lowest BCUT2D eigenvalue weighted by molar-refractivity contribution is 0.370. The molecule has 18 heavy (non-hydrogen) atoms. The number of benzene rings is 1. The first kappa shape index (κ1) is 12.3. The summed E-state index contributed by atoms with van der Waals surface area (Å²) in [7, 11) is 0. The van der Waals surface area contributed by atoms with Gasteiger partial charge in [0.05, 0.1) is 6.21 Å². The van der Waals surface area contributed by atoms with Crippen molar-refractivity contribution < 1.29 is 4.74 Å². The van der Waals surface area contributed by atoms with Crippen molar-refractivity contribution in [2.24, 2.45) is 5.10 Å². The Morgan fingerprint density at radius 2 is 2.22 bits per heavy atom. The van der Waals surface area contributed by atoms with Crippen LogP contribution in [-0.2, 0) is 0 Å². The zero-order valence-electron chi connectivity index (χ0n) is 9.32. The molecular weight excluding hydrogens is 296 g/mol. The third kappa shape index (κ3) is 3.18. The predicted octanol–water partition coefficient (Wildman–Crippen LogP) is 1.93. The summed E-state index contributed by atoms with van der Waals surface area (Å²) in [5.74, 6) is 3.10. The number of hydrogen-bond donors (Lipinski definition) is 0. The molecule has 1 aromatic carbocycles. The van der Waals surface area contributed by atoms with E-state index in [1.165, 1.54) is 17.3 Å². The van der Waals surface area contributed by atoms with Crippen LogP contribution in [0.3, 0.4) is 0 Å². The second kappa shape index (κ2) is 5.98. The molecule has 1 heterocycles. The Labute approximate surface area is 113 Å². The topological polar surface area (TPSA) is 52.3 Å². The fourth-order valence-electron chi connectivity index (χ4n) is 1.25. The number of terminal acetylenes is 1. The monoisotopic (exact) mass is 304 g/mol. The Morgan fingerprint density at radius 3 is 2.94 bits per heavy atom. The molecule has 1 aromatic heterocycles. The van der Waals surface area contributed by atoms with E-state index < -0.39 is 0 Å². The van der Waals surface area contributed by atoms with Gasteiger partial charge in [-0.05, 0) is 18.2 Å². The van der Waals surface area contributed by atoms with Crippen molar-refractivity contribution in [3.63, 3.8) is 0 Å². The minimum absolute atomic E-state index is 0.217. The maximum Gasteiger partial charge on any atom is 0.148 e. The molecule has 5 nitrogen and oxygen atoms in total. The normalized spacial score (nSPS) is 10.4. The highest BCUT2D eigenvalue weighted by molar-refractivity contribution is 9.10. The third-order valence-electron chi connectivity index (χ3n) is 2.02. The van der Waals surface area contributed by atoms with Gasteiger partial charge in [0, 0.05) is 10.0 Å². The Hall–Kier alpha value is -2.13. The summed E-state index contributed by atoms with van der Waals surface area (Å²) in [4.78, 5) is 0. The van der Waals surface area contributed by atoms with E-state index in [9.17, 15) is 0 Å². The van der Waals surface area contributed by atoms with Gasteiger partial charge in [-0.1, -0.05) is 21.9 Å². The van der Waals surface area contributed by atoms with Gasteiger partial charge in [0.1, 0.15) is 25.0 Å².